The molecule has 1 amide bonds. The van der Waals surface area contributed by atoms with Crippen LogP contribution >= 0.6 is 0 Å². The molecule has 0 spiro atoms. The molecule has 1 N–H and O–H groups in total. The number of pyridine rings is 1. The number of nitrogens with one attached hydrogen (secondary N) is 1. The van der Waals surface area contributed by atoms with Gasteiger partial charge in [0.25, 0.3) is 5.69 Å². The number of rotatable bonds is 2. The van der Waals surface area contributed by atoms with Gasteiger partial charge in [0.1, 0.15) is 17.6 Å². The monoisotopic (exact) mass is 269 g/mol. The van der Waals surface area contributed by atoms with Gasteiger partial charge in [-0.05, 0) is 26.8 Å². The van der Waals surface area contributed by atoms with E-state index in [1.54, 1.807) is 20.8 Å². The highest BCUT2D eigenvalue weighted by Gasteiger charge is 2.16. The number of hydrogen-bond acceptors (Lipinski definition) is 5. The SMILES string of the molecule is CC.CC(C)(C)OC(=O)Nc1ccc([N+](=O)[O-])cn1. The molecule has 0 atom stereocenters. The van der Waals surface area contributed by atoms with Crippen LogP contribution in [0.1, 0.15) is 34.6 Å². The van der Waals surface area contributed by atoms with Crippen molar-refractivity contribution in [1.82, 2.24) is 4.98 Å². The van der Waals surface area contributed by atoms with Crippen molar-refractivity contribution in [3.05, 3.63) is 28.4 Å². The highest BCUT2D eigenvalue weighted by Crippen LogP contribution is 2.13. The highest BCUT2D eigenvalue weighted by atomic mass is 16.6. The Labute approximate surface area is 112 Å². The predicted octanol–water partition coefficient (Wildman–Crippen LogP) is 3.36. The molecule has 0 aliphatic carbocycles. The van der Waals surface area contributed by atoms with Crippen LogP contribution < -0.4 is 5.32 Å². The van der Waals surface area contributed by atoms with Crippen molar-refractivity contribution in [2.45, 2.75) is 40.2 Å². The maximum Gasteiger partial charge on any atom is 0.413 e. The summed E-state index contributed by atoms with van der Waals surface area (Å²) < 4.78 is 5.00. The molecule has 106 valence electrons. The van der Waals surface area contributed by atoms with Gasteiger partial charge in [-0.2, -0.15) is 0 Å². The van der Waals surface area contributed by atoms with Crippen molar-refractivity contribution in [1.29, 1.82) is 0 Å². The van der Waals surface area contributed by atoms with E-state index in [0.717, 1.165) is 6.20 Å². The molecule has 0 saturated carbocycles. The minimum Gasteiger partial charge on any atom is -0.444 e. The number of carbonyl (C=O) groups is 1. The third-order valence-electron chi connectivity index (χ3n) is 1.59. The molecule has 0 fully saturated rings. The summed E-state index contributed by atoms with van der Waals surface area (Å²) in [5, 5.41) is 12.7. The molecule has 0 radical (unpaired) electrons. The van der Waals surface area contributed by atoms with Crippen LogP contribution in [0, 0.1) is 10.1 Å². The van der Waals surface area contributed by atoms with Gasteiger partial charge in [-0.15, -0.1) is 0 Å². The van der Waals surface area contributed by atoms with Crippen LogP contribution in [0.4, 0.5) is 16.3 Å². The number of amides is 1. The average molecular weight is 269 g/mol. The lowest BCUT2D eigenvalue weighted by atomic mass is 10.2. The lowest BCUT2D eigenvalue weighted by Crippen LogP contribution is -2.27. The second-order valence-corrected chi connectivity index (χ2v) is 4.29. The number of nitrogens with zero attached hydrogens (tertiary/aromatic N) is 2. The maximum absolute atomic E-state index is 11.3. The Hall–Kier alpha value is -2.18. The first-order chi connectivity index (χ1) is 8.78. The first-order valence-electron chi connectivity index (χ1n) is 5.88. The number of carbonyl (C=O) groups excluding carboxylic acids is 1. The van der Waals surface area contributed by atoms with Crippen molar-refractivity contribution in [3.8, 4) is 0 Å². The molecular weight excluding hydrogens is 250 g/mol. The molecule has 0 unspecified atom stereocenters. The summed E-state index contributed by atoms with van der Waals surface area (Å²) in [7, 11) is 0. The van der Waals surface area contributed by atoms with Crippen LogP contribution in [0.2, 0.25) is 0 Å². The lowest BCUT2D eigenvalue weighted by molar-refractivity contribution is -0.385. The Balaban J connectivity index is 0.00000154. The minimum atomic E-state index is -0.654. The van der Waals surface area contributed by atoms with Gasteiger partial charge in [0.15, 0.2) is 0 Å². The van der Waals surface area contributed by atoms with Crippen LogP contribution in [0.25, 0.3) is 0 Å². The number of anilines is 1. The zero-order chi connectivity index (χ0) is 15.1. The van der Waals surface area contributed by atoms with Gasteiger partial charge >= 0.3 is 6.09 Å². The summed E-state index contributed by atoms with van der Waals surface area (Å²) >= 11 is 0. The molecule has 1 aromatic heterocycles. The van der Waals surface area contributed by atoms with Crippen molar-refractivity contribution < 1.29 is 14.5 Å². The summed E-state index contributed by atoms with van der Waals surface area (Å²) in [5.41, 5.74) is -0.745. The number of ether oxygens (including phenoxy) is 1. The van der Waals surface area contributed by atoms with Gasteiger partial charge in [-0.3, -0.25) is 15.4 Å². The normalized spacial score (nSPS) is 9.95. The third kappa shape index (κ3) is 6.97. The molecule has 19 heavy (non-hydrogen) atoms. The molecule has 0 saturated heterocycles. The van der Waals surface area contributed by atoms with Gasteiger partial charge < -0.3 is 4.74 Å². The van der Waals surface area contributed by atoms with Crippen molar-refractivity contribution in [2.75, 3.05) is 5.32 Å². The van der Waals surface area contributed by atoms with Gasteiger partial charge in [-0.1, -0.05) is 13.8 Å². The fourth-order valence-corrected chi connectivity index (χ4v) is 0.976. The summed E-state index contributed by atoms with van der Waals surface area (Å²) in [4.78, 5) is 24.9. The molecule has 7 heteroatoms. The Kier molecular flexibility index (Phi) is 6.46. The van der Waals surface area contributed by atoms with E-state index in [0.29, 0.717) is 0 Å². The number of aromatic nitrogens is 1. The van der Waals surface area contributed by atoms with Gasteiger partial charge in [0.2, 0.25) is 0 Å². The fourth-order valence-electron chi connectivity index (χ4n) is 0.976. The molecule has 1 aromatic rings. The van der Waals surface area contributed by atoms with E-state index in [2.05, 4.69) is 10.3 Å². The van der Waals surface area contributed by atoms with Crippen LogP contribution in [0.15, 0.2) is 18.3 Å². The van der Waals surface area contributed by atoms with E-state index in [4.69, 9.17) is 4.74 Å². The first kappa shape index (κ1) is 16.8. The Morgan fingerprint density at radius 2 is 1.95 bits per heavy atom. The number of nitro groups is 1. The van der Waals surface area contributed by atoms with Crippen molar-refractivity contribution in [3.63, 3.8) is 0 Å². The summed E-state index contributed by atoms with van der Waals surface area (Å²) in [5.74, 6) is 0.199. The van der Waals surface area contributed by atoms with Crippen LogP contribution in [-0.4, -0.2) is 21.6 Å². The quantitative estimate of drug-likeness (QED) is 0.656. The molecule has 0 aromatic carbocycles. The Bertz CT molecular complexity index is 424. The zero-order valence-electron chi connectivity index (χ0n) is 11.8. The third-order valence-corrected chi connectivity index (χ3v) is 1.59. The first-order valence-corrected chi connectivity index (χ1v) is 5.88. The van der Waals surface area contributed by atoms with E-state index in [1.165, 1.54) is 12.1 Å². The molecule has 1 rings (SSSR count). The largest absolute Gasteiger partial charge is 0.444 e. The summed E-state index contributed by atoms with van der Waals surface area (Å²) in [6.07, 6.45) is 0.408. The summed E-state index contributed by atoms with van der Waals surface area (Å²) in [6.45, 7) is 9.20. The second kappa shape index (κ2) is 7.30. The van der Waals surface area contributed by atoms with Gasteiger partial charge in [-0.25, -0.2) is 9.78 Å². The molecule has 1 heterocycles. The van der Waals surface area contributed by atoms with E-state index in [9.17, 15) is 14.9 Å². The Morgan fingerprint density at radius 1 is 1.37 bits per heavy atom. The molecule has 0 bridgehead atoms. The topological polar surface area (TPSA) is 94.4 Å². The minimum absolute atomic E-state index is 0.139. The molecule has 0 aliphatic heterocycles. The number of hydrogen-bond donors (Lipinski definition) is 1. The van der Waals surface area contributed by atoms with E-state index in [1.807, 2.05) is 13.8 Å². The fraction of sp³-hybridized carbons (Fsp3) is 0.500. The van der Waals surface area contributed by atoms with E-state index < -0.39 is 16.6 Å². The van der Waals surface area contributed by atoms with Gasteiger partial charge in [0, 0.05) is 6.07 Å². The van der Waals surface area contributed by atoms with E-state index >= 15 is 0 Å². The van der Waals surface area contributed by atoms with Crippen LogP contribution in [0.3, 0.4) is 0 Å². The van der Waals surface area contributed by atoms with Crippen molar-refractivity contribution >= 4 is 17.6 Å². The Morgan fingerprint density at radius 3 is 2.32 bits per heavy atom. The zero-order valence-corrected chi connectivity index (χ0v) is 11.8. The standard InChI is InChI=1S/C10H13N3O4.C2H6/c1-10(2,3)17-9(14)12-8-5-4-7(6-11-8)13(15)16;1-2/h4-6H,1-3H3,(H,11,12,14);1-2H3. The second-order valence-electron chi connectivity index (χ2n) is 4.29. The molecule has 0 aliphatic rings. The lowest BCUT2D eigenvalue weighted by Gasteiger charge is -2.19. The van der Waals surface area contributed by atoms with Crippen LogP contribution in [-0.2, 0) is 4.74 Å². The van der Waals surface area contributed by atoms with Gasteiger partial charge in [0.05, 0.1) is 4.92 Å². The maximum atomic E-state index is 11.3. The van der Waals surface area contributed by atoms with Crippen molar-refractivity contribution in [2.24, 2.45) is 0 Å². The van der Waals surface area contributed by atoms with Crippen LogP contribution in [0.5, 0.6) is 0 Å². The summed E-state index contributed by atoms with van der Waals surface area (Å²) in [6, 6.07) is 2.59. The predicted molar refractivity (Wildman–Crippen MR) is 72.1 cm³/mol. The molecular formula is C12H19N3O4. The smallest absolute Gasteiger partial charge is 0.413 e. The average Bonchev–Trinajstić information content (AvgIpc) is 2.29. The molecule has 7 nitrogen and oxygen atoms in total. The highest BCUT2D eigenvalue weighted by molar-refractivity contribution is 5.83. The van der Waals surface area contributed by atoms with E-state index in [-0.39, 0.29) is 11.5 Å².